The Morgan fingerprint density at radius 3 is 1.64 bits per heavy atom. The van der Waals surface area contributed by atoms with E-state index in [-0.39, 0.29) is 0 Å². The van der Waals surface area contributed by atoms with Crippen LogP contribution in [-0.2, 0) is 38.6 Å². The highest BCUT2D eigenvalue weighted by atomic mass is 15.3. The summed E-state index contributed by atoms with van der Waals surface area (Å²) in [6.07, 6.45) is 26.1. The van der Waals surface area contributed by atoms with Gasteiger partial charge in [0.1, 0.15) is 11.7 Å². The van der Waals surface area contributed by atoms with Crippen molar-refractivity contribution in [1.82, 2.24) is 49.9 Å². The molecular formula is C56H78N16. The first-order valence-electron chi connectivity index (χ1n) is 25.7. The van der Waals surface area contributed by atoms with Crippen molar-refractivity contribution in [2.24, 2.45) is 20.2 Å². The van der Waals surface area contributed by atoms with Gasteiger partial charge in [0.2, 0.25) is 0 Å². The van der Waals surface area contributed by atoms with E-state index in [1.165, 1.54) is 34.8 Å². The summed E-state index contributed by atoms with van der Waals surface area (Å²) in [5, 5.41) is 28.2. The third-order valence-electron chi connectivity index (χ3n) is 11.0. The molecule has 0 fully saturated rings. The lowest BCUT2D eigenvalue weighted by atomic mass is 10.0. The zero-order valence-corrected chi connectivity index (χ0v) is 45.2. The van der Waals surface area contributed by atoms with Crippen molar-refractivity contribution in [1.29, 1.82) is 0 Å². The van der Waals surface area contributed by atoms with E-state index in [2.05, 4.69) is 176 Å². The van der Waals surface area contributed by atoms with Gasteiger partial charge in [-0.2, -0.15) is 20.4 Å². The average molecular weight is 975 g/mol. The van der Waals surface area contributed by atoms with Crippen LogP contribution in [0.15, 0.2) is 106 Å². The third kappa shape index (κ3) is 18.1. The number of nitrogens with one attached hydrogen (secondary N) is 3. The molecule has 7 aromatic rings. The van der Waals surface area contributed by atoms with E-state index in [0.717, 1.165) is 132 Å². The van der Waals surface area contributed by atoms with Crippen molar-refractivity contribution in [2.75, 3.05) is 10.6 Å². The zero-order valence-electron chi connectivity index (χ0n) is 45.2. The largest absolute Gasteiger partial charge is 0.343 e. The minimum atomic E-state index is 0.690. The second-order valence-corrected chi connectivity index (χ2v) is 16.9. The number of aliphatic imine (C=N–C) groups is 2. The lowest BCUT2D eigenvalue weighted by molar-refractivity contribution is 0.648. The molecule has 0 spiro atoms. The minimum Gasteiger partial charge on any atom is -0.343 e. The van der Waals surface area contributed by atoms with Crippen molar-refractivity contribution in [3.8, 4) is 0 Å². The van der Waals surface area contributed by atoms with E-state index in [1.54, 1.807) is 43.4 Å². The Balaban J connectivity index is 0.000000193. The van der Waals surface area contributed by atoms with Gasteiger partial charge < -0.3 is 10.6 Å². The summed E-state index contributed by atoms with van der Waals surface area (Å²) in [5.74, 6) is 1.94. The standard InChI is InChI=1S/C15H14N4.C12H14N4.3C7H12N2.C5H6N2.C3H8/c1-3-13-18-11-6-4-9-14-10(17-8(2)16-9)5-7-12(19-13)15(11)14;1-3-10-6-14-8-12(16-10)4-11-7-13-5-9(2)15-11;1-3-7-5-6-9(4-2)8-7;1-3-6-5-8-9-7(6)4-2;1-3-6-5-7(4-2)9-8-6;1-5-4-6-2-3-7-5;1-3-2/h4-7H,3H2,1-2H3,(H,16,17)(H,18,19);5-8H,3-4H2,1-2H3;5-6H,3-4H2,1-2H3;5H,3-4H2,1-2H3,(H,8,9);3-5H2,1-2H3;2-4H,1H3;3H2,1-2H3. The molecule has 2 aromatic carbocycles. The molecule has 3 N–H and O–H groups in total. The molecule has 0 saturated carbocycles. The van der Waals surface area contributed by atoms with E-state index in [1.807, 2.05) is 37.8 Å². The highest BCUT2D eigenvalue weighted by Gasteiger charge is 2.20. The van der Waals surface area contributed by atoms with Gasteiger partial charge in [0.25, 0.3) is 0 Å². The van der Waals surface area contributed by atoms with Crippen LogP contribution in [0.3, 0.4) is 0 Å². The number of nitrogens with zero attached hydrogens (tertiary/aromatic N) is 13. The lowest BCUT2D eigenvalue weighted by Gasteiger charge is -2.23. The molecule has 72 heavy (non-hydrogen) atoms. The summed E-state index contributed by atoms with van der Waals surface area (Å²) in [5.41, 5.74) is 15.3. The van der Waals surface area contributed by atoms with E-state index >= 15 is 0 Å². The van der Waals surface area contributed by atoms with Crippen molar-refractivity contribution >= 4 is 56.6 Å². The number of anilines is 2. The molecule has 3 aliphatic rings. The molecule has 8 heterocycles. The van der Waals surface area contributed by atoms with Gasteiger partial charge in [-0.1, -0.05) is 68.7 Å². The van der Waals surface area contributed by atoms with Gasteiger partial charge in [-0.25, -0.2) is 9.98 Å². The monoisotopic (exact) mass is 975 g/mol. The van der Waals surface area contributed by atoms with Crippen molar-refractivity contribution < 1.29 is 0 Å². The summed E-state index contributed by atoms with van der Waals surface area (Å²) in [7, 11) is 0. The molecule has 0 saturated heterocycles. The van der Waals surface area contributed by atoms with Crippen LogP contribution in [0.5, 0.6) is 0 Å². The molecule has 0 amide bonds. The smallest absolute Gasteiger partial charge is 0.106 e. The summed E-state index contributed by atoms with van der Waals surface area (Å²) < 4.78 is 1.94. The highest BCUT2D eigenvalue weighted by molar-refractivity contribution is 6.22. The van der Waals surface area contributed by atoms with Crippen LogP contribution in [0.2, 0.25) is 0 Å². The number of hydrogen-bond acceptors (Lipinski definition) is 14. The van der Waals surface area contributed by atoms with Gasteiger partial charge >= 0.3 is 0 Å². The van der Waals surface area contributed by atoms with Gasteiger partial charge in [0.15, 0.2) is 0 Å². The maximum absolute atomic E-state index is 4.67. The predicted molar refractivity (Wildman–Crippen MR) is 300 cm³/mol. The molecule has 10 rings (SSSR count). The van der Waals surface area contributed by atoms with Gasteiger partial charge in [-0.3, -0.25) is 39.7 Å². The molecule has 16 heteroatoms. The fraction of sp³-hybridized carbons (Fsp3) is 0.429. The van der Waals surface area contributed by atoms with Gasteiger partial charge in [0, 0.05) is 115 Å². The maximum Gasteiger partial charge on any atom is 0.106 e. The fourth-order valence-corrected chi connectivity index (χ4v) is 7.18. The van der Waals surface area contributed by atoms with E-state index in [0.29, 0.717) is 6.42 Å². The third-order valence-corrected chi connectivity index (χ3v) is 11.0. The molecule has 0 unspecified atom stereocenters. The second kappa shape index (κ2) is 31.1. The Labute approximate surface area is 428 Å². The van der Waals surface area contributed by atoms with E-state index < -0.39 is 0 Å². The van der Waals surface area contributed by atoms with Crippen molar-refractivity contribution in [2.45, 2.75) is 161 Å². The van der Waals surface area contributed by atoms with Gasteiger partial charge in [-0.15, -0.1) is 0 Å². The summed E-state index contributed by atoms with van der Waals surface area (Å²) in [6, 6.07) is 10.4. The number of rotatable bonds is 10. The lowest BCUT2D eigenvalue weighted by Crippen LogP contribution is -2.15. The van der Waals surface area contributed by atoms with Crippen LogP contribution in [0.4, 0.5) is 22.7 Å². The number of aromatic amines is 1. The van der Waals surface area contributed by atoms with E-state index in [9.17, 15) is 0 Å². The fourth-order valence-electron chi connectivity index (χ4n) is 7.18. The number of H-pyrrole nitrogens is 1. The van der Waals surface area contributed by atoms with Crippen molar-refractivity contribution in [3.63, 3.8) is 0 Å². The van der Waals surface area contributed by atoms with E-state index in [4.69, 9.17) is 0 Å². The Bertz CT molecular complexity index is 2780. The van der Waals surface area contributed by atoms with Crippen LogP contribution >= 0.6 is 0 Å². The SMILES string of the molecule is CCC.CCC1=NN=C(CC)C1.CCC1=Nc2ccc3c4c(ccc(c24)N1)N=C(C)N3.CCc1ccn(CC)n1.CCc1cn[nH]c1CC.CCc1cncc(Cc2cncc(C)n2)n1.Cc1cnccn1. The first-order chi connectivity index (χ1) is 34.9. The van der Waals surface area contributed by atoms with Crippen LogP contribution in [0.1, 0.15) is 154 Å². The Hall–Kier alpha value is -7.36. The zero-order chi connectivity index (χ0) is 52.3. The van der Waals surface area contributed by atoms with Gasteiger partial charge in [-0.05, 0) is 102 Å². The van der Waals surface area contributed by atoms with Crippen LogP contribution < -0.4 is 10.6 Å². The molecular weight excluding hydrogens is 897 g/mol. The molecule has 16 nitrogen and oxygen atoms in total. The van der Waals surface area contributed by atoms with Crippen LogP contribution in [0, 0.1) is 13.8 Å². The first kappa shape index (κ1) is 57.2. The number of aryl methyl sites for hydroxylation is 7. The number of benzene rings is 2. The Morgan fingerprint density at radius 2 is 1.15 bits per heavy atom. The van der Waals surface area contributed by atoms with Crippen LogP contribution in [-0.4, -0.2) is 73.0 Å². The number of amidine groups is 2. The summed E-state index contributed by atoms with van der Waals surface area (Å²) in [6.45, 7) is 27.9. The average Bonchev–Trinajstić information content (AvgIpc) is 4.21. The quantitative estimate of drug-likeness (QED) is 0.119. The van der Waals surface area contributed by atoms with Gasteiger partial charge in [0.05, 0.1) is 51.7 Å². The van der Waals surface area contributed by atoms with Crippen molar-refractivity contribution in [3.05, 3.63) is 132 Å². The Kier molecular flexibility index (Phi) is 24.7. The Morgan fingerprint density at radius 1 is 0.542 bits per heavy atom. The maximum atomic E-state index is 4.67. The topological polar surface area (TPSA) is 197 Å². The molecule has 382 valence electrons. The second-order valence-electron chi connectivity index (χ2n) is 16.9. The van der Waals surface area contributed by atoms with Crippen LogP contribution in [0.25, 0.3) is 10.8 Å². The summed E-state index contributed by atoms with van der Waals surface area (Å²) >= 11 is 0. The molecule has 0 atom stereocenters. The molecule has 0 radical (unpaired) electrons. The summed E-state index contributed by atoms with van der Waals surface area (Å²) in [4.78, 5) is 34.1. The number of hydrogen-bond donors (Lipinski definition) is 3. The highest BCUT2D eigenvalue weighted by Crippen LogP contribution is 2.45. The minimum absolute atomic E-state index is 0.690. The molecule has 5 aromatic heterocycles. The molecule has 3 aliphatic heterocycles. The molecule has 0 aliphatic carbocycles. The normalized spacial score (nSPS) is 12.2. The first-order valence-corrected chi connectivity index (χ1v) is 25.7. The number of aromatic nitrogens is 10. The predicted octanol–water partition coefficient (Wildman–Crippen LogP) is 13.1. The molecule has 0 bridgehead atoms.